The Bertz CT molecular complexity index is 462. The Morgan fingerprint density at radius 1 is 1.33 bits per heavy atom. The molecule has 0 bridgehead atoms. The van der Waals surface area contributed by atoms with Crippen LogP contribution in [0.25, 0.3) is 0 Å². The van der Waals surface area contributed by atoms with Crippen molar-refractivity contribution in [3.8, 4) is 0 Å². The maximum Gasteiger partial charge on any atom is 0.327 e. The molecule has 1 aliphatic rings. The van der Waals surface area contributed by atoms with E-state index in [4.69, 9.17) is 4.74 Å². The molecule has 0 unspecified atom stereocenters. The molecule has 0 aromatic heterocycles. The van der Waals surface area contributed by atoms with Gasteiger partial charge in [-0.1, -0.05) is 35.8 Å². The fourth-order valence-electron chi connectivity index (χ4n) is 1.92. The van der Waals surface area contributed by atoms with Crippen LogP contribution in [-0.2, 0) is 4.74 Å². The van der Waals surface area contributed by atoms with Crippen molar-refractivity contribution in [2.45, 2.75) is 19.8 Å². The number of nitrogens with zero attached hydrogens (tertiary/aromatic N) is 2. The number of carbonyl (C=O) groups is 1. The lowest BCUT2D eigenvalue weighted by Crippen LogP contribution is -2.48. The minimum Gasteiger partial charge on any atom is -0.340 e. The largest absolute Gasteiger partial charge is 0.340 e. The summed E-state index contributed by atoms with van der Waals surface area (Å²) in [5, 5.41) is 0. The number of amides is 2. The lowest BCUT2D eigenvalue weighted by Gasteiger charge is -2.33. The van der Waals surface area contributed by atoms with E-state index in [1.54, 1.807) is 16.8 Å². The topological polar surface area (TPSA) is 32.8 Å². The highest BCUT2D eigenvalue weighted by molar-refractivity contribution is 9.10. The standard InChI is InChI=1S/C13H17BrN2O2/c1-9(2)11-5-4-10(6-12(11)14)16-8-18-7-15(3)13(16)17/h4-6,9H,7-8H2,1-3H3. The predicted octanol–water partition coefficient (Wildman–Crippen LogP) is 3.38. The van der Waals surface area contributed by atoms with Crippen LogP contribution in [0.3, 0.4) is 0 Å². The minimum absolute atomic E-state index is 0.0366. The summed E-state index contributed by atoms with van der Waals surface area (Å²) in [7, 11) is 1.73. The van der Waals surface area contributed by atoms with Gasteiger partial charge in [0.1, 0.15) is 13.5 Å². The third kappa shape index (κ3) is 2.52. The van der Waals surface area contributed by atoms with Gasteiger partial charge in [-0.15, -0.1) is 0 Å². The zero-order chi connectivity index (χ0) is 13.3. The summed E-state index contributed by atoms with van der Waals surface area (Å²) in [5.41, 5.74) is 2.08. The average Bonchev–Trinajstić information content (AvgIpc) is 2.32. The van der Waals surface area contributed by atoms with Crippen LogP contribution in [0.15, 0.2) is 22.7 Å². The Balaban J connectivity index is 2.29. The van der Waals surface area contributed by atoms with Gasteiger partial charge < -0.3 is 9.64 Å². The van der Waals surface area contributed by atoms with Crippen molar-refractivity contribution in [3.63, 3.8) is 0 Å². The molecule has 1 fully saturated rings. The van der Waals surface area contributed by atoms with Crippen LogP contribution < -0.4 is 4.90 Å². The van der Waals surface area contributed by atoms with Crippen LogP contribution in [0.1, 0.15) is 25.3 Å². The molecule has 0 aliphatic carbocycles. The number of halogens is 1. The Morgan fingerprint density at radius 2 is 2.06 bits per heavy atom. The molecule has 0 saturated carbocycles. The summed E-state index contributed by atoms with van der Waals surface area (Å²) < 4.78 is 6.38. The molecule has 98 valence electrons. The summed E-state index contributed by atoms with van der Waals surface area (Å²) in [6, 6.07) is 5.94. The molecule has 18 heavy (non-hydrogen) atoms. The summed E-state index contributed by atoms with van der Waals surface area (Å²) in [6.07, 6.45) is 0. The smallest absolute Gasteiger partial charge is 0.327 e. The molecule has 0 N–H and O–H groups in total. The van der Waals surface area contributed by atoms with Crippen molar-refractivity contribution in [2.75, 3.05) is 25.4 Å². The highest BCUT2D eigenvalue weighted by Gasteiger charge is 2.24. The second-order valence-electron chi connectivity index (χ2n) is 4.73. The quantitative estimate of drug-likeness (QED) is 0.838. The van der Waals surface area contributed by atoms with E-state index < -0.39 is 0 Å². The van der Waals surface area contributed by atoms with E-state index in [2.05, 4.69) is 29.8 Å². The summed E-state index contributed by atoms with van der Waals surface area (Å²) in [4.78, 5) is 15.2. The van der Waals surface area contributed by atoms with E-state index in [-0.39, 0.29) is 6.03 Å². The summed E-state index contributed by atoms with van der Waals surface area (Å²) in [6.45, 7) is 4.93. The molecule has 5 heteroatoms. The van der Waals surface area contributed by atoms with Crippen LogP contribution in [-0.4, -0.2) is 31.4 Å². The van der Waals surface area contributed by atoms with Crippen molar-refractivity contribution in [1.82, 2.24) is 4.90 Å². The normalized spacial score (nSPS) is 16.6. The molecule has 0 spiro atoms. The van der Waals surface area contributed by atoms with Gasteiger partial charge in [-0.3, -0.25) is 4.90 Å². The zero-order valence-corrected chi connectivity index (χ0v) is 12.4. The van der Waals surface area contributed by atoms with Gasteiger partial charge in [0, 0.05) is 17.2 Å². The predicted molar refractivity (Wildman–Crippen MR) is 74.7 cm³/mol. The SMILES string of the molecule is CC(C)c1ccc(N2COCN(C)C2=O)cc1Br. The molecule has 1 aromatic rings. The van der Waals surface area contributed by atoms with Crippen molar-refractivity contribution in [3.05, 3.63) is 28.2 Å². The number of urea groups is 1. The van der Waals surface area contributed by atoms with E-state index in [0.29, 0.717) is 19.4 Å². The molecule has 0 atom stereocenters. The first-order valence-electron chi connectivity index (χ1n) is 5.90. The number of benzene rings is 1. The van der Waals surface area contributed by atoms with Gasteiger partial charge in [0.15, 0.2) is 0 Å². The van der Waals surface area contributed by atoms with Gasteiger partial charge >= 0.3 is 6.03 Å². The molecular formula is C13H17BrN2O2. The second-order valence-corrected chi connectivity index (χ2v) is 5.59. The van der Waals surface area contributed by atoms with Crippen LogP contribution in [0, 0.1) is 0 Å². The Kier molecular flexibility index (Phi) is 3.92. The fourth-order valence-corrected chi connectivity index (χ4v) is 2.75. The lowest BCUT2D eigenvalue weighted by molar-refractivity contribution is 0.0361. The number of anilines is 1. The second kappa shape index (κ2) is 5.28. The maximum atomic E-state index is 12.0. The third-order valence-corrected chi connectivity index (χ3v) is 3.67. The first-order chi connectivity index (χ1) is 8.50. The van der Waals surface area contributed by atoms with Gasteiger partial charge in [-0.25, -0.2) is 4.79 Å². The molecular weight excluding hydrogens is 296 g/mol. The molecule has 1 heterocycles. The van der Waals surface area contributed by atoms with Gasteiger partial charge in [0.25, 0.3) is 0 Å². The van der Waals surface area contributed by atoms with Gasteiger partial charge in [0.05, 0.1) is 0 Å². The van der Waals surface area contributed by atoms with Crippen molar-refractivity contribution in [1.29, 1.82) is 0 Å². The van der Waals surface area contributed by atoms with E-state index in [1.165, 1.54) is 5.56 Å². The van der Waals surface area contributed by atoms with Crippen LogP contribution in [0.5, 0.6) is 0 Å². The van der Waals surface area contributed by atoms with Gasteiger partial charge in [-0.2, -0.15) is 0 Å². The Hall–Kier alpha value is -1.07. The summed E-state index contributed by atoms with van der Waals surface area (Å²) >= 11 is 3.56. The zero-order valence-electron chi connectivity index (χ0n) is 10.8. The van der Waals surface area contributed by atoms with Crippen molar-refractivity contribution < 1.29 is 9.53 Å². The minimum atomic E-state index is -0.0366. The van der Waals surface area contributed by atoms with E-state index in [9.17, 15) is 4.79 Å². The fraction of sp³-hybridized carbons (Fsp3) is 0.462. The van der Waals surface area contributed by atoms with E-state index >= 15 is 0 Å². The molecule has 1 aromatic carbocycles. The monoisotopic (exact) mass is 312 g/mol. The number of rotatable bonds is 2. The number of ether oxygens (including phenoxy) is 1. The molecule has 0 radical (unpaired) electrons. The third-order valence-electron chi connectivity index (χ3n) is 2.98. The lowest BCUT2D eigenvalue weighted by atomic mass is 10.0. The highest BCUT2D eigenvalue weighted by Crippen LogP contribution is 2.30. The molecule has 1 aliphatic heterocycles. The van der Waals surface area contributed by atoms with E-state index in [1.807, 2.05) is 18.2 Å². The average molecular weight is 313 g/mol. The highest BCUT2D eigenvalue weighted by atomic mass is 79.9. The first-order valence-corrected chi connectivity index (χ1v) is 6.70. The number of hydrogen-bond donors (Lipinski definition) is 0. The van der Waals surface area contributed by atoms with Crippen LogP contribution in [0.4, 0.5) is 10.5 Å². The van der Waals surface area contributed by atoms with E-state index in [0.717, 1.165) is 10.2 Å². The van der Waals surface area contributed by atoms with Crippen LogP contribution in [0.2, 0.25) is 0 Å². The molecule has 2 rings (SSSR count). The molecule has 2 amide bonds. The summed E-state index contributed by atoms with van der Waals surface area (Å²) in [5.74, 6) is 0.449. The van der Waals surface area contributed by atoms with Crippen molar-refractivity contribution >= 4 is 27.6 Å². The Morgan fingerprint density at radius 3 is 2.67 bits per heavy atom. The van der Waals surface area contributed by atoms with Gasteiger partial charge in [0.2, 0.25) is 0 Å². The Labute approximate surface area is 116 Å². The number of carbonyl (C=O) groups excluding carboxylic acids is 1. The molecule has 1 saturated heterocycles. The maximum absolute atomic E-state index is 12.0. The van der Waals surface area contributed by atoms with Crippen LogP contribution >= 0.6 is 15.9 Å². The van der Waals surface area contributed by atoms with Crippen molar-refractivity contribution in [2.24, 2.45) is 0 Å². The first kappa shape index (κ1) is 13.4. The number of hydrogen-bond acceptors (Lipinski definition) is 2. The molecule has 4 nitrogen and oxygen atoms in total. The van der Waals surface area contributed by atoms with Gasteiger partial charge in [-0.05, 0) is 23.6 Å².